The molecule has 0 aromatic heterocycles. The molecular formula is C15H23FN2O. The van der Waals surface area contributed by atoms with Gasteiger partial charge < -0.3 is 15.7 Å². The molecular weight excluding hydrogens is 243 g/mol. The van der Waals surface area contributed by atoms with Crippen molar-refractivity contribution in [3.8, 4) is 0 Å². The minimum Gasteiger partial charge on any atom is -0.391 e. The van der Waals surface area contributed by atoms with Crippen LogP contribution in [0, 0.1) is 5.82 Å². The number of hydrogen-bond acceptors (Lipinski definition) is 3. The summed E-state index contributed by atoms with van der Waals surface area (Å²) in [5, 5.41) is 10.1. The minimum atomic E-state index is -0.390. The summed E-state index contributed by atoms with van der Waals surface area (Å²) in [5.41, 5.74) is 7.25. The highest BCUT2D eigenvalue weighted by molar-refractivity contribution is 5.56. The second-order valence-electron chi connectivity index (χ2n) is 5.50. The van der Waals surface area contributed by atoms with E-state index in [1.807, 2.05) is 24.9 Å². The highest BCUT2D eigenvalue weighted by atomic mass is 19.1. The van der Waals surface area contributed by atoms with Crippen molar-refractivity contribution in [2.24, 2.45) is 5.73 Å². The number of anilines is 1. The van der Waals surface area contributed by atoms with Crippen LogP contribution in [0.15, 0.2) is 18.2 Å². The van der Waals surface area contributed by atoms with Gasteiger partial charge in [-0.15, -0.1) is 0 Å². The average molecular weight is 266 g/mol. The van der Waals surface area contributed by atoms with Gasteiger partial charge in [0, 0.05) is 13.1 Å². The number of likely N-dealkylation sites (N-methyl/N-ethyl adjacent to an activating group) is 1. The van der Waals surface area contributed by atoms with E-state index in [1.54, 1.807) is 6.07 Å². The van der Waals surface area contributed by atoms with Crippen LogP contribution in [-0.2, 0) is 0 Å². The molecule has 1 aliphatic rings. The van der Waals surface area contributed by atoms with Crippen LogP contribution in [0.5, 0.6) is 0 Å². The van der Waals surface area contributed by atoms with Crippen molar-refractivity contribution in [2.45, 2.75) is 50.8 Å². The van der Waals surface area contributed by atoms with Crippen LogP contribution in [0.1, 0.15) is 44.2 Å². The number of aliphatic hydroxyl groups is 1. The third kappa shape index (κ3) is 2.90. The smallest absolute Gasteiger partial charge is 0.146 e. The third-order valence-corrected chi connectivity index (χ3v) is 4.05. The van der Waals surface area contributed by atoms with E-state index < -0.39 is 0 Å². The van der Waals surface area contributed by atoms with E-state index >= 15 is 0 Å². The number of halogens is 1. The van der Waals surface area contributed by atoms with Gasteiger partial charge in [0.25, 0.3) is 0 Å². The predicted octanol–water partition coefficient (Wildman–Crippen LogP) is 2.59. The third-order valence-electron chi connectivity index (χ3n) is 4.05. The summed E-state index contributed by atoms with van der Waals surface area (Å²) < 4.78 is 14.2. The van der Waals surface area contributed by atoms with Crippen molar-refractivity contribution in [1.29, 1.82) is 0 Å². The SMILES string of the molecule is C[C@H](N)c1cccc(F)c1N(C)C1CCCCC1O. The van der Waals surface area contributed by atoms with Crippen molar-refractivity contribution in [2.75, 3.05) is 11.9 Å². The van der Waals surface area contributed by atoms with Gasteiger partial charge in [0.15, 0.2) is 0 Å². The molecule has 0 radical (unpaired) electrons. The largest absolute Gasteiger partial charge is 0.391 e. The summed E-state index contributed by atoms with van der Waals surface area (Å²) in [6.45, 7) is 1.85. The average Bonchev–Trinajstić information content (AvgIpc) is 2.38. The maximum Gasteiger partial charge on any atom is 0.146 e. The quantitative estimate of drug-likeness (QED) is 0.884. The van der Waals surface area contributed by atoms with Crippen molar-refractivity contribution < 1.29 is 9.50 Å². The molecule has 1 saturated carbocycles. The zero-order chi connectivity index (χ0) is 14.0. The molecule has 1 aliphatic carbocycles. The molecule has 1 aromatic rings. The first kappa shape index (κ1) is 14.3. The van der Waals surface area contributed by atoms with Gasteiger partial charge in [0.05, 0.1) is 17.8 Å². The molecule has 3 atom stereocenters. The first-order chi connectivity index (χ1) is 9.02. The summed E-state index contributed by atoms with van der Waals surface area (Å²) in [7, 11) is 1.85. The Morgan fingerprint density at radius 1 is 1.37 bits per heavy atom. The molecule has 0 heterocycles. The number of rotatable bonds is 3. The Balaban J connectivity index is 2.34. The second kappa shape index (κ2) is 5.88. The lowest BCUT2D eigenvalue weighted by Gasteiger charge is -2.38. The van der Waals surface area contributed by atoms with Gasteiger partial charge in [-0.2, -0.15) is 0 Å². The fourth-order valence-corrected chi connectivity index (χ4v) is 2.98. The molecule has 1 aromatic carbocycles. The van der Waals surface area contributed by atoms with Crippen LogP contribution in [0.25, 0.3) is 0 Å². The Kier molecular flexibility index (Phi) is 4.42. The first-order valence-electron chi connectivity index (χ1n) is 6.97. The summed E-state index contributed by atoms with van der Waals surface area (Å²) in [6, 6.07) is 4.74. The van der Waals surface area contributed by atoms with Gasteiger partial charge in [-0.3, -0.25) is 0 Å². The molecule has 0 amide bonds. The van der Waals surface area contributed by atoms with Crippen molar-refractivity contribution in [1.82, 2.24) is 0 Å². The van der Waals surface area contributed by atoms with Crippen LogP contribution in [0.2, 0.25) is 0 Å². The highest BCUT2D eigenvalue weighted by Crippen LogP contribution is 2.32. The van der Waals surface area contributed by atoms with Gasteiger partial charge in [0.1, 0.15) is 5.82 Å². The molecule has 0 spiro atoms. The first-order valence-corrected chi connectivity index (χ1v) is 6.97. The summed E-state index contributed by atoms with van der Waals surface area (Å²) >= 11 is 0. The number of hydrogen-bond donors (Lipinski definition) is 2. The molecule has 0 saturated heterocycles. The van der Waals surface area contributed by atoms with Gasteiger partial charge in [0.2, 0.25) is 0 Å². The monoisotopic (exact) mass is 266 g/mol. The lowest BCUT2D eigenvalue weighted by atomic mass is 9.90. The fourth-order valence-electron chi connectivity index (χ4n) is 2.98. The molecule has 106 valence electrons. The Bertz CT molecular complexity index is 436. The van der Waals surface area contributed by atoms with E-state index in [1.165, 1.54) is 6.07 Å². The number of benzene rings is 1. The summed E-state index contributed by atoms with van der Waals surface area (Å²) in [6.07, 6.45) is 3.41. The highest BCUT2D eigenvalue weighted by Gasteiger charge is 2.29. The molecule has 0 bridgehead atoms. The van der Waals surface area contributed by atoms with Crippen LogP contribution in [-0.4, -0.2) is 24.3 Å². The second-order valence-corrected chi connectivity index (χ2v) is 5.50. The zero-order valence-corrected chi connectivity index (χ0v) is 11.6. The number of aliphatic hydroxyl groups excluding tert-OH is 1. The van der Waals surface area contributed by atoms with Crippen molar-refractivity contribution in [3.05, 3.63) is 29.6 Å². The van der Waals surface area contributed by atoms with Crippen molar-refractivity contribution >= 4 is 5.69 Å². The van der Waals surface area contributed by atoms with E-state index in [9.17, 15) is 9.50 Å². The maximum atomic E-state index is 14.2. The van der Waals surface area contributed by atoms with Gasteiger partial charge >= 0.3 is 0 Å². The number of nitrogens with zero attached hydrogens (tertiary/aromatic N) is 1. The molecule has 4 heteroatoms. The van der Waals surface area contributed by atoms with Crippen LogP contribution in [0.3, 0.4) is 0 Å². The Morgan fingerprint density at radius 3 is 2.68 bits per heavy atom. The molecule has 0 aliphatic heterocycles. The molecule has 19 heavy (non-hydrogen) atoms. The number of nitrogens with two attached hydrogens (primary N) is 1. The fraction of sp³-hybridized carbons (Fsp3) is 0.600. The normalized spacial score (nSPS) is 25.1. The van der Waals surface area contributed by atoms with E-state index in [0.29, 0.717) is 5.69 Å². The summed E-state index contributed by atoms with van der Waals surface area (Å²) in [5.74, 6) is -0.268. The van der Waals surface area contributed by atoms with Gasteiger partial charge in [-0.25, -0.2) is 4.39 Å². The summed E-state index contributed by atoms with van der Waals surface area (Å²) in [4.78, 5) is 1.87. The van der Waals surface area contributed by atoms with Gasteiger partial charge in [-0.1, -0.05) is 25.0 Å². The lowest BCUT2D eigenvalue weighted by molar-refractivity contribution is 0.106. The lowest BCUT2D eigenvalue weighted by Crippen LogP contribution is -2.44. The minimum absolute atomic E-state index is 0.0249. The van der Waals surface area contributed by atoms with E-state index in [-0.39, 0.29) is 24.0 Å². The maximum absolute atomic E-state index is 14.2. The number of para-hydroxylation sites is 1. The molecule has 1 fully saturated rings. The van der Waals surface area contributed by atoms with E-state index in [4.69, 9.17) is 5.73 Å². The Morgan fingerprint density at radius 2 is 2.05 bits per heavy atom. The predicted molar refractivity (Wildman–Crippen MR) is 75.7 cm³/mol. The zero-order valence-electron chi connectivity index (χ0n) is 11.6. The van der Waals surface area contributed by atoms with Crippen LogP contribution < -0.4 is 10.6 Å². The van der Waals surface area contributed by atoms with E-state index in [0.717, 1.165) is 31.2 Å². The molecule has 2 rings (SSSR count). The van der Waals surface area contributed by atoms with Crippen LogP contribution >= 0.6 is 0 Å². The van der Waals surface area contributed by atoms with Gasteiger partial charge in [-0.05, 0) is 31.4 Å². The Hall–Kier alpha value is -1.13. The van der Waals surface area contributed by atoms with Crippen LogP contribution in [0.4, 0.5) is 10.1 Å². The standard InChI is InChI=1S/C15H23FN2O/c1-10(17)11-6-5-7-12(16)15(11)18(2)13-8-3-4-9-14(13)19/h5-7,10,13-14,19H,3-4,8-9,17H2,1-2H3/t10-,13?,14?/m0/s1. The topological polar surface area (TPSA) is 49.5 Å². The molecule has 2 unspecified atom stereocenters. The Labute approximate surface area is 114 Å². The molecule has 3 nitrogen and oxygen atoms in total. The molecule has 3 N–H and O–H groups in total. The van der Waals surface area contributed by atoms with Crippen molar-refractivity contribution in [3.63, 3.8) is 0 Å². The van der Waals surface area contributed by atoms with E-state index in [2.05, 4.69) is 0 Å².